The molecule has 0 nitrogen and oxygen atoms in total. The molecule has 0 spiro atoms. The fourth-order valence-corrected chi connectivity index (χ4v) is 17.7. The second-order valence-electron chi connectivity index (χ2n) is 36.8. The van der Waals surface area contributed by atoms with Crippen molar-refractivity contribution in [2.75, 3.05) is 0 Å². The van der Waals surface area contributed by atoms with Gasteiger partial charge in [0.1, 0.15) is 0 Å². The largest absolute Gasteiger partial charge is 1.00 e. The first-order valence-electron chi connectivity index (χ1n) is 44.5. The monoisotopic (exact) mass is 1790 g/mol. The van der Waals surface area contributed by atoms with Crippen molar-refractivity contribution in [1.29, 1.82) is 0 Å². The quantitative estimate of drug-likeness (QED) is 0.0667. The van der Waals surface area contributed by atoms with E-state index < -0.39 is 0 Å². The van der Waals surface area contributed by atoms with Crippen molar-refractivity contribution >= 4 is 6.41 Å². The van der Waals surface area contributed by atoms with Crippen LogP contribution in [0, 0.1) is 24.3 Å². The van der Waals surface area contributed by atoms with Gasteiger partial charge in [-0.3, -0.25) is 12.2 Å². The van der Waals surface area contributed by atoms with Crippen molar-refractivity contribution in [2.24, 2.45) is 0 Å². The molecule has 0 N–H and O–H groups in total. The summed E-state index contributed by atoms with van der Waals surface area (Å²) in [6.45, 7) is 36.8. The Kier molecular flexibility index (Phi) is 37.2. The molecule has 0 atom stereocenters. The minimum Gasteiger partial charge on any atom is -1.00 e. The van der Waals surface area contributed by atoms with Crippen LogP contribution in [0.2, 0.25) is 0 Å². The third-order valence-electron chi connectivity index (χ3n) is 23.1. The van der Waals surface area contributed by atoms with E-state index in [4.69, 9.17) is 0 Å². The molecule has 4 heteroatoms. The van der Waals surface area contributed by atoms with Gasteiger partial charge in [-0.25, -0.2) is 24.3 Å². The molecule has 0 unspecified atom stereocenters. The maximum absolute atomic E-state index is 3.88. The fraction of sp³-hybridized carbons (Fsp3) is 0.305. The molecular weight excluding hydrogens is 1670 g/mol. The summed E-state index contributed by atoms with van der Waals surface area (Å²) < 4.78 is 2.91. The van der Waals surface area contributed by atoms with E-state index in [2.05, 4.69) is 402 Å². The zero-order valence-corrected chi connectivity index (χ0v) is 82.2. The Morgan fingerprint density at radius 1 is 0.295 bits per heavy atom. The molecule has 12 aromatic rings. The average Bonchev–Trinajstić information content (AvgIpc) is 1.58. The summed E-state index contributed by atoms with van der Waals surface area (Å²) in [5.41, 5.74) is 38.3. The third-order valence-corrected chi connectivity index (χ3v) is 25.9. The van der Waals surface area contributed by atoms with E-state index in [1.807, 2.05) is 24.3 Å². The molecule has 0 saturated heterocycles. The van der Waals surface area contributed by atoms with Gasteiger partial charge in [0.25, 0.3) is 0 Å². The summed E-state index contributed by atoms with van der Waals surface area (Å²) >= 11 is 2.97. The first-order chi connectivity index (χ1) is 57.7. The third kappa shape index (κ3) is 26.9. The molecule has 624 valence electrons. The van der Waals surface area contributed by atoms with Gasteiger partial charge in [-0.05, 0) is 79.0 Å². The van der Waals surface area contributed by atoms with Gasteiger partial charge in [-0.2, -0.15) is 12.2 Å². The Bertz CT molecular complexity index is 4780. The molecule has 0 amide bonds. The second-order valence-corrected chi connectivity index (χ2v) is 39.2. The Morgan fingerprint density at radius 3 is 0.770 bits per heavy atom. The van der Waals surface area contributed by atoms with E-state index in [1.54, 1.807) is 0 Å². The van der Waals surface area contributed by atoms with Crippen LogP contribution in [0.1, 0.15) is 264 Å². The van der Waals surface area contributed by atoms with Crippen LogP contribution < -0.4 is 24.8 Å². The molecule has 4 aliphatic carbocycles. The van der Waals surface area contributed by atoms with Gasteiger partial charge < -0.3 is 24.8 Å². The number of rotatable bonds is 20. The summed E-state index contributed by atoms with van der Waals surface area (Å²) in [6, 6.07) is 102. The van der Waals surface area contributed by atoms with Gasteiger partial charge in [-0.15, -0.1) is 70.5 Å². The normalized spacial score (nSPS) is 12.4. The SMILES string of the molecule is CC(C)(C)c1cc2c([c-]c1-c1ccccc1)Cc1cc(-c3ccccc3)c(C(C)(C)C)cc1-2.CC(C)(C)c1cc2c([c-]c1-c1ccccc1)Cc1cc(-c3ccccc3)c(C(C)(C)C)cc1-2.CCCCc1ccc([C](=[Zr+2])c2ccc(CCCC)cc2)cc1.CCCCc1ccc([C](=[Zr+2])c2ccc(CCCC)cc2)cc1.[C-]1=CC=CC1.[C-]1=CC=CC1.[Cl-].[Cl-]. The number of allylic oxidation sites excluding steroid dienone is 8. The van der Waals surface area contributed by atoms with Crippen LogP contribution >= 0.6 is 0 Å². The Labute approximate surface area is 779 Å². The number of hydrogen-bond donors (Lipinski definition) is 0. The Balaban J connectivity index is 0.000000179. The van der Waals surface area contributed by atoms with Crippen molar-refractivity contribution in [3.8, 4) is 66.8 Å². The van der Waals surface area contributed by atoms with Gasteiger partial charge in [0.2, 0.25) is 0 Å². The number of aryl methyl sites for hydroxylation is 4. The van der Waals surface area contributed by atoms with Crippen LogP contribution in [0.3, 0.4) is 0 Å². The molecule has 0 radical (unpaired) electrons. The van der Waals surface area contributed by atoms with Gasteiger partial charge in [0.05, 0.1) is 0 Å². The maximum Gasteiger partial charge on any atom is -0.109 e. The maximum atomic E-state index is 3.88. The summed E-state index contributed by atoms with van der Waals surface area (Å²) in [7, 11) is 0. The number of benzene rings is 12. The van der Waals surface area contributed by atoms with Crippen molar-refractivity contribution in [1.82, 2.24) is 0 Å². The van der Waals surface area contributed by atoms with Gasteiger partial charge in [0, 0.05) is 0 Å². The van der Waals surface area contributed by atoms with Crippen LogP contribution in [0.4, 0.5) is 0 Å². The summed E-state index contributed by atoms with van der Waals surface area (Å²) in [6.07, 6.45) is 36.9. The van der Waals surface area contributed by atoms with E-state index in [0.717, 1.165) is 25.7 Å². The van der Waals surface area contributed by atoms with Crippen LogP contribution in [-0.2, 0) is 109 Å². The molecule has 16 rings (SSSR count). The summed E-state index contributed by atoms with van der Waals surface area (Å²) in [5, 5.41) is 0. The Hall–Kier alpha value is -8.31. The topological polar surface area (TPSA) is 0 Å². The molecule has 0 aliphatic heterocycles. The van der Waals surface area contributed by atoms with Gasteiger partial charge >= 0.3 is 301 Å². The van der Waals surface area contributed by atoms with Crippen molar-refractivity contribution in [3.05, 3.63) is 405 Å². The summed E-state index contributed by atoms with van der Waals surface area (Å²) in [5.74, 6) is 0. The number of fused-ring (bicyclic) bond motifs is 6. The molecule has 0 bridgehead atoms. The van der Waals surface area contributed by atoms with E-state index in [1.165, 1.54) is 288 Å². The molecule has 0 aromatic heterocycles. The van der Waals surface area contributed by atoms with Gasteiger partial charge in [-0.1, -0.05) is 262 Å². The van der Waals surface area contributed by atoms with E-state index in [-0.39, 0.29) is 46.5 Å². The Morgan fingerprint density at radius 2 is 0.549 bits per heavy atom. The molecule has 122 heavy (non-hydrogen) atoms. The second kappa shape index (κ2) is 46.6. The van der Waals surface area contributed by atoms with Crippen molar-refractivity contribution < 1.29 is 73.3 Å². The first-order valence-corrected chi connectivity index (χ1v) is 46.9. The van der Waals surface area contributed by atoms with E-state index >= 15 is 0 Å². The van der Waals surface area contributed by atoms with E-state index in [0.29, 0.717) is 0 Å². The predicted octanol–water partition coefficient (Wildman–Crippen LogP) is 25.6. The van der Waals surface area contributed by atoms with Crippen molar-refractivity contribution in [2.45, 2.75) is 235 Å². The van der Waals surface area contributed by atoms with Crippen LogP contribution in [-0.4, -0.2) is 6.41 Å². The molecule has 12 aromatic carbocycles. The smallest absolute Gasteiger partial charge is 0.109 e. The number of halogens is 2. The van der Waals surface area contributed by atoms with Crippen LogP contribution in [0.5, 0.6) is 0 Å². The molecule has 0 fully saturated rings. The minimum absolute atomic E-state index is 0. The van der Waals surface area contributed by atoms with E-state index in [9.17, 15) is 0 Å². The number of hydrogen-bond acceptors (Lipinski definition) is 0. The predicted molar refractivity (Wildman–Crippen MR) is 513 cm³/mol. The number of unbranched alkanes of at least 4 members (excludes halogenated alkanes) is 4. The van der Waals surface area contributed by atoms with Crippen LogP contribution in [0.15, 0.2) is 291 Å². The standard InChI is InChI=1S/2C33H33.2C21H26.2C5H5.2ClH.2Zr/c2*1-32(2,3)30-20-26-24(18-28(30)22-13-9-7-10-14-22)17-25-19-29(23-15-11-8-12-16-23)31(21-27(25)26)33(4,5)6;2*1-3-5-7-18-9-13-20(14-10-18)17-21-15-11-19(12-16-21)8-6-4-2;2*1-2-4-5-3-1;;;;/h2*7-16,18,20-21H,17H2,1-6H3;2*9-16H,3-8H2,1-2H3;2*1-3H,4H2;2*1H;;/q2*-1;;;2*-1;;;2*+2/p-2. The zero-order valence-electron chi connectivity index (χ0n) is 75.8. The molecule has 0 saturated carbocycles. The molecular formula is C118H128Cl2Zr2-2. The molecule has 0 heterocycles. The molecule has 4 aliphatic rings. The fourth-order valence-electron chi connectivity index (χ4n) is 16.1. The minimum atomic E-state index is 0. The average molecular weight is 1800 g/mol. The first kappa shape index (κ1) is 97.5. The summed E-state index contributed by atoms with van der Waals surface area (Å²) in [4.78, 5) is 0. The van der Waals surface area contributed by atoms with Gasteiger partial charge in [0.15, 0.2) is 0 Å². The van der Waals surface area contributed by atoms with Crippen molar-refractivity contribution in [3.63, 3.8) is 0 Å². The zero-order chi connectivity index (χ0) is 85.4. The van der Waals surface area contributed by atoms with Crippen LogP contribution in [0.25, 0.3) is 66.8 Å².